The second-order valence-electron chi connectivity index (χ2n) is 4.16. The number of rotatable bonds is 4. The lowest BCUT2D eigenvalue weighted by atomic mass is 9.92. The number of nitrogens with one attached hydrogen (secondary N) is 1. The Morgan fingerprint density at radius 3 is 2.83 bits per heavy atom. The molecule has 0 aliphatic carbocycles. The molecule has 98 valence electrons. The Morgan fingerprint density at radius 1 is 1.44 bits per heavy atom. The summed E-state index contributed by atoms with van der Waals surface area (Å²) in [7, 11) is 1.72. The van der Waals surface area contributed by atoms with E-state index in [1.807, 2.05) is 6.07 Å². The van der Waals surface area contributed by atoms with Crippen molar-refractivity contribution in [1.29, 1.82) is 0 Å². The average molecular weight is 251 g/mol. The van der Waals surface area contributed by atoms with Crippen LogP contribution in [0.15, 0.2) is 18.2 Å². The van der Waals surface area contributed by atoms with Crippen molar-refractivity contribution < 1.29 is 19.0 Å². The standard InChI is InChI=1S/C13H17NO4/c1-4-16-12(15)13(2,14-3)9-5-6-10-11(7-9)18-8-17-10/h5-7,14H,4,8H2,1-3H3. The largest absolute Gasteiger partial charge is 0.464 e. The predicted molar refractivity (Wildman–Crippen MR) is 65.6 cm³/mol. The Morgan fingerprint density at radius 2 is 2.17 bits per heavy atom. The summed E-state index contributed by atoms with van der Waals surface area (Å²) in [6.07, 6.45) is 0. The fourth-order valence-corrected chi connectivity index (χ4v) is 1.85. The van der Waals surface area contributed by atoms with Crippen LogP contribution in [0.2, 0.25) is 0 Å². The van der Waals surface area contributed by atoms with Gasteiger partial charge in [0, 0.05) is 0 Å². The van der Waals surface area contributed by atoms with Gasteiger partial charge in [-0.3, -0.25) is 0 Å². The molecule has 5 nitrogen and oxygen atoms in total. The highest BCUT2D eigenvalue weighted by atomic mass is 16.7. The monoisotopic (exact) mass is 251 g/mol. The first-order valence-electron chi connectivity index (χ1n) is 5.88. The Hall–Kier alpha value is -1.75. The molecule has 1 heterocycles. The summed E-state index contributed by atoms with van der Waals surface area (Å²) < 4.78 is 15.7. The Labute approximate surface area is 106 Å². The van der Waals surface area contributed by atoms with E-state index in [1.54, 1.807) is 33.0 Å². The van der Waals surface area contributed by atoms with Gasteiger partial charge in [0.1, 0.15) is 5.54 Å². The summed E-state index contributed by atoms with van der Waals surface area (Å²) in [6.45, 7) is 4.13. The number of carbonyl (C=O) groups excluding carboxylic acids is 1. The zero-order valence-electron chi connectivity index (χ0n) is 10.8. The van der Waals surface area contributed by atoms with Crippen molar-refractivity contribution in [1.82, 2.24) is 5.32 Å². The van der Waals surface area contributed by atoms with Gasteiger partial charge in [0.2, 0.25) is 6.79 Å². The number of hydrogen-bond donors (Lipinski definition) is 1. The lowest BCUT2D eigenvalue weighted by molar-refractivity contribution is -0.150. The molecule has 2 rings (SSSR count). The van der Waals surface area contributed by atoms with Crippen LogP contribution in [0.3, 0.4) is 0 Å². The van der Waals surface area contributed by atoms with Crippen molar-refractivity contribution in [3.8, 4) is 11.5 Å². The summed E-state index contributed by atoms with van der Waals surface area (Å²) in [4.78, 5) is 12.0. The summed E-state index contributed by atoms with van der Waals surface area (Å²) in [5.74, 6) is 1.03. The lowest BCUT2D eigenvalue weighted by Crippen LogP contribution is -2.45. The molecule has 1 aliphatic heterocycles. The number of hydrogen-bond acceptors (Lipinski definition) is 5. The Kier molecular flexibility index (Phi) is 3.43. The molecule has 1 N–H and O–H groups in total. The van der Waals surface area contributed by atoms with Crippen LogP contribution in [-0.4, -0.2) is 26.4 Å². The molecule has 0 fully saturated rings. The van der Waals surface area contributed by atoms with E-state index >= 15 is 0 Å². The van der Waals surface area contributed by atoms with E-state index in [0.29, 0.717) is 18.1 Å². The van der Waals surface area contributed by atoms with Crippen molar-refractivity contribution in [2.75, 3.05) is 20.4 Å². The van der Waals surface area contributed by atoms with Gasteiger partial charge in [-0.2, -0.15) is 0 Å². The highest BCUT2D eigenvalue weighted by Gasteiger charge is 2.36. The zero-order chi connectivity index (χ0) is 13.2. The van der Waals surface area contributed by atoms with Crippen molar-refractivity contribution in [3.05, 3.63) is 23.8 Å². The molecular formula is C13H17NO4. The van der Waals surface area contributed by atoms with Gasteiger partial charge in [-0.05, 0) is 38.6 Å². The summed E-state index contributed by atoms with van der Waals surface area (Å²) in [6, 6.07) is 5.43. The molecule has 0 bridgehead atoms. The first-order chi connectivity index (χ1) is 8.61. The number of esters is 1. The van der Waals surface area contributed by atoms with Crippen LogP contribution >= 0.6 is 0 Å². The van der Waals surface area contributed by atoms with Gasteiger partial charge in [-0.25, -0.2) is 4.79 Å². The highest BCUT2D eigenvalue weighted by Crippen LogP contribution is 2.36. The molecule has 18 heavy (non-hydrogen) atoms. The fourth-order valence-electron chi connectivity index (χ4n) is 1.85. The van der Waals surface area contributed by atoms with E-state index in [-0.39, 0.29) is 12.8 Å². The third kappa shape index (κ3) is 2.01. The molecule has 0 radical (unpaired) electrons. The number of likely N-dealkylation sites (N-methyl/N-ethyl adjacent to an activating group) is 1. The molecule has 0 saturated heterocycles. The van der Waals surface area contributed by atoms with Crippen molar-refractivity contribution in [2.45, 2.75) is 19.4 Å². The van der Waals surface area contributed by atoms with E-state index < -0.39 is 5.54 Å². The van der Waals surface area contributed by atoms with Crippen LogP contribution < -0.4 is 14.8 Å². The smallest absolute Gasteiger partial charge is 0.330 e. The minimum atomic E-state index is -0.892. The molecular weight excluding hydrogens is 234 g/mol. The van der Waals surface area contributed by atoms with Crippen LogP contribution in [0, 0.1) is 0 Å². The minimum Gasteiger partial charge on any atom is -0.464 e. The van der Waals surface area contributed by atoms with Crippen molar-refractivity contribution in [3.63, 3.8) is 0 Å². The molecule has 0 aromatic heterocycles. The van der Waals surface area contributed by atoms with E-state index in [1.165, 1.54) is 0 Å². The normalized spacial score (nSPS) is 16.2. The zero-order valence-corrected chi connectivity index (χ0v) is 10.8. The lowest BCUT2D eigenvalue weighted by Gasteiger charge is -2.27. The topological polar surface area (TPSA) is 56.8 Å². The number of ether oxygens (including phenoxy) is 3. The van der Waals surface area contributed by atoms with E-state index in [0.717, 1.165) is 5.56 Å². The Bertz CT molecular complexity index is 460. The van der Waals surface area contributed by atoms with Crippen LogP contribution in [0.4, 0.5) is 0 Å². The van der Waals surface area contributed by atoms with Gasteiger partial charge in [-0.1, -0.05) is 6.07 Å². The fraction of sp³-hybridized carbons (Fsp3) is 0.462. The van der Waals surface area contributed by atoms with E-state index in [2.05, 4.69) is 5.32 Å². The molecule has 5 heteroatoms. The second kappa shape index (κ2) is 4.86. The maximum atomic E-state index is 12.0. The maximum Gasteiger partial charge on any atom is 0.330 e. The maximum absolute atomic E-state index is 12.0. The van der Waals surface area contributed by atoms with Gasteiger partial charge < -0.3 is 19.5 Å². The number of fused-ring (bicyclic) bond motifs is 1. The van der Waals surface area contributed by atoms with Crippen LogP contribution in [0.25, 0.3) is 0 Å². The van der Waals surface area contributed by atoms with Gasteiger partial charge in [0.05, 0.1) is 6.61 Å². The van der Waals surface area contributed by atoms with Crippen molar-refractivity contribution >= 4 is 5.97 Å². The molecule has 1 unspecified atom stereocenters. The number of carbonyl (C=O) groups is 1. The summed E-state index contributed by atoms with van der Waals surface area (Å²) in [5, 5.41) is 3.00. The Balaban J connectivity index is 2.35. The molecule has 0 amide bonds. The minimum absolute atomic E-state index is 0.217. The molecule has 1 aromatic carbocycles. The third-order valence-corrected chi connectivity index (χ3v) is 3.13. The van der Waals surface area contributed by atoms with Gasteiger partial charge in [0.15, 0.2) is 11.5 Å². The first kappa shape index (κ1) is 12.7. The van der Waals surface area contributed by atoms with E-state index in [4.69, 9.17) is 14.2 Å². The van der Waals surface area contributed by atoms with Crippen LogP contribution in [0.1, 0.15) is 19.4 Å². The predicted octanol–water partition coefficient (Wildman–Crippen LogP) is 1.41. The van der Waals surface area contributed by atoms with Crippen molar-refractivity contribution in [2.24, 2.45) is 0 Å². The highest BCUT2D eigenvalue weighted by molar-refractivity contribution is 5.82. The molecule has 0 spiro atoms. The number of benzene rings is 1. The van der Waals surface area contributed by atoms with Crippen LogP contribution in [0.5, 0.6) is 11.5 Å². The SMILES string of the molecule is CCOC(=O)C(C)(NC)c1ccc2c(c1)OCO2. The molecule has 1 aliphatic rings. The summed E-state index contributed by atoms with van der Waals surface area (Å²) in [5.41, 5.74) is -0.107. The van der Waals surface area contributed by atoms with E-state index in [9.17, 15) is 4.79 Å². The molecule has 0 saturated carbocycles. The van der Waals surface area contributed by atoms with Gasteiger partial charge in [0.25, 0.3) is 0 Å². The average Bonchev–Trinajstić information content (AvgIpc) is 2.85. The van der Waals surface area contributed by atoms with Crippen LogP contribution in [-0.2, 0) is 15.1 Å². The summed E-state index contributed by atoms with van der Waals surface area (Å²) >= 11 is 0. The quantitative estimate of drug-likeness (QED) is 0.820. The second-order valence-corrected chi connectivity index (χ2v) is 4.16. The third-order valence-electron chi connectivity index (χ3n) is 3.13. The van der Waals surface area contributed by atoms with Gasteiger partial charge >= 0.3 is 5.97 Å². The first-order valence-corrected chi connectivity index (χ1v) is 5.88. The molecule has 1 aromatic rings. The van der Waals surface area contributed by atoms with Gasteiger partial charge in [-0.15, -0.1) is 0 Å². The molecule has 1 atom stereocenters.